The van der Waals surface area contributed by atoms with Crippen LogP contribution in [0.4, 0.5) is 26.2 Å². The van der Waals surface area contributed by atoms with E-state index in [1.807, 2.05) is 24.3 Å². The Morgan fingerprint density at radius 1 is 1.00 bits per heavy atom. The number of anilines is 3. The molecule has 1 fully saturated rings. The molecule has 0 spiro atoms. The lowest BCUT2D eigenvalue weighted by molar-refractivity contribution is 0.262. The maximum absolute atomic E-state index is 14.7. The summed E-state index contributed by atoms with van der Waals surface area (Å²) in [6.07, 6.45) is 8.58. The number of nitrogens with zero attached hydrogens (tertiary/aromatic N) is 3. The van der Waals surface area contributed by atoms with Crippen LogP contribution in [0.3, 0.4) is 0 Å². The van der Waals surface area contributed by atoms with Gasteiger partial charge >= 0.3 is 6.03 Å². The number of urea groups is 1. The SMILES string of the molecule is O=C(Nc1cccc(N2CCCCC2)c1)Nc1ccc(Oc2ccnc(-c3cn[nH]c3)c2)cc1F. The normalized spacial score (nSPS) is 13.3. The largest absolute Gasteiger partial charge is 0.457 e. The van der Waals surface area contributed by atoms with E-state index in [0.29, 0.717) is 22.9 Å². The summed E-state index contributed by atoms with van der Waals surface area (Å²) in [6.45, 7) is 2.03. The number of aromatic nitrogens is 3. The first kappa shape index (κ1) is 22.4. The Balaban J connectivity index is 1.22. The molecule has 3 heterocycles. The number of carbonyl (C=O) groups is 1. The number of halogens is 1. The molecule has 2 amide bonds. The molecule has 3 N–H and O–H groups in total. The molecule has 9 heteroatoms. The van der Waals surface area contributed by atoms with Crippen LogP contribution in [0.2, 0.25) is 0 Å². The summed E-state index contributed by atoms with van der Waals surface area (Å²) < 4.78 is 20.5. The number of hydrogen-bond acceptors (Lipinski definition) is 5. The number of nitrogens with one attached hydrogen (secondary N) is 3. The van der Waals surface area contributed by atoms with Gasteiger partial charge in [0.15, 0.2) is 0 Å². The molecule has 2 aromatic heterocycles. The highest BCUT2D eigenvalue weighted by atomic mass is 19.1. The number of aromatic amines is 1. The number of hydrogen-bond donors (Lipinski definition) is 3. The average Bonchev–Trinajstić information content (AvgIpc) is 3.42. The van der Waals surface area contributed by atoms with Gasteiger partial charge in [0, 0.05) is 54.6 Å². The van der Waals surface area contributed by atoms with Crippen LogP contribution in [0.25, 0.3) is 11.3 Å². The van der Waals surface area contributed by atoms with Crippen molar-refractivity contribution in [2.75, 3.05) is 28.6 Å². The first-order valence-electron chi connectivity index (χ1n) is 11.5. The highest BCUT2D eigenvalue weighted by Crippen LogP contribution is 2.28. The van der Waals surface area contributed by atoms with E-state index in [9.17, 15) is 9.18 Å². The highest BCUT2D eigenvalue weighted by Gasteiger charge is 2.13. The van der Waals surface area contributed by atoms with Gasteiger partial charge < -0.3 is 20.3 Å². The number of ether oxygens (including phenoxy) is 1. The van der Waals surface area contributed by atoms with Crippen LogP contribution < -0.4 is 20.3 Å². The zero-order valence-corrected chi connectivity index (χ0v) is 19.0. The molecule has 35 heavy (non-hydrogen) atoms. The van der Waals surface area contributed by atoms with Crippen molar-refractivity contribution in [1.82, 2.24) is 15.2 Å². The third-order valence-corrected chi connectivity index (χ3v) is 5.78. The quantitative estimate of drug-likeness (QED) is 0.318. The van der Waals surface area contributed by atoms with Crippen LogP contribution in [-0.4, -0.2) is 34.3 Å². The van der Waals surface area contributed by atoms with Crippen LogP contribution >= 0.6 is 0 Å². The second kappa shape index (κ2) is 10.3. The Bertz CT molecular complexity index is 1300. The number of benzene rings is 2. The summed E-state index contributed by atoms with van der Waals surface area (Å²) >= 11 is 0. The summed E-state index contributed by atoms with van der Waals surface area (Å²) in [4.78, 5) is 19.1. The molecule has 0 atom stereocenters. The molecule has 0 aliphatic carbocycles. The molecule has 1 aliphatic rings. The van der Waals surface area contributed by atoms with Crippen LogP contribution in [-0.2, 0) is 0 Å². The summed E-state index contributed by atoms with van der Waals surface area (Å²) in [5.74, 6) is 0.193. The lowest BCUT2D eigenvalue weighted by atomic mass is 10.1. The van der Waals surface area contributed by atoms with E-state index >= 15 is 0 Å². The van der Waals surface area contributed by atoms with Gasteiger partial charge in [-0.15, -0.1) is 0 Å². The van der Waals surface area contributed by atoms with Gasteiger partial charge in [-0.2, -0.15) is 5.10 Å². The van der Waals surface area contributed by atoms with E-state index < -0.39 is 11.8 Å². The van der Waals surface area contributed by atoms with Gasteiger partial charge in [-0.3, -0.25) is 10.1 Å². The van der Waals surface area contributed by atoms with Gasteiger partial charge in [0.1, 0.15) is 17.3 Å². The molecule has 4 aromatic rings. The predicted molar refractivity (Wildman–Crippen MR) is 133 cm³/mol. The minimum Gasteiger partial charge on any atom is -0.457 e. The van der Waals surface area contributed by atoms with Gasteiger partial charge in [-0.25, -0.2) is 9.18 Å². The van der Waals surface area contributed by atoms with Crippen molar-refractivity contribution < 1.29 is 13.9 Å². The highest BCUT2D eigenvalue weighted by molar-refractivity contribution is 6.00. The second-order valence-corrected chi connectivity index (χ2v) is 8.28. The minimum absolute atomic E-state index is 0.0517. The lowest BCUT2D eigenvalue weighted by Crippen LogP contribution is -2.29. The van der Waals surface area contributed by atoms with Crippen LogP contribution in [0, 0.1) is 5.82 Å². The van der Waals surface area contributed by atoms with Crippen molar-refractivity contribution in [1.29, 1.82) is 0 Å². The number of pyridine rings is 1. The Morgan fingerprint density at radius 3 is 2.66 bits per heavy atom. The fourth-order valence-electron chi connectivity index (χ4n) is 4.04. The number of piperidine rings is 1. The third-order valence-electron chi connectivity index (χ3n) is 5.78. The predicted octanol–water partition coefficient (Wildman–Crippen LogP) is 6.04. The monoisotopic (exact) mass is 472 g/mol. The zero-order valence-electron chi connectivity index (χ0n) is 19.0. The van der Waals surface area contributed by atoms with E-state index in [4.69, 9.17) is 4.74 Å². The Labute approximate surface area is 202 Å². The van der Waals surface area contributed by atoms with Gasteiger partial charge in [0.2, 0.25) is 0 Å². The van der Waals surface area contributed by atoms with Gasteiger partial charge in [-0.05, 0) is 55.7 Å². The fraction of sp³-hybridized carbons (Fsp3) is 0.192. The smallest absolute Gasteiger partial charge is 0.323 e. The summed E-state index contributed by atoms with van der Waals surface area (Å²) in [5, 5.41) is 12.0. The van der Waals surface area contributed by atoms with Crippen molar-refractivity contribution in [3.63, 3.8) is 0 Å². The Kier molecular flexibility index (Phi) is 6.56. The van der Waals surface area contributed by atoms with E-state index in [2.05, 4.69) is 30.7 Å². The molecule has 0 saturated carbocycles. The summed E-state index contributed by atoms with van der Waals surface area (Å²) in [5.41, 5.74) is 3.26. The first-order valence-corrected chi connectivity index (χ1v) is 11.5. The van der Waals surface area contributed by atoms with Gasteiger partial charge in [0.25, 0.3) is 0 Å². The Hall–Kier alpha value is -4.40. The van der Waals surface area contributed by atoms with Gasteiger partial charge in [-0.1, -0.05) is 6.07 Å². The molecule has 178 valence electrons. The molecule has 1 saturated heterocycles. The van der Waals surface area contributed by atoms with Crippen LogP contribution in [0.1, 0.15) is 19.3 Å². The molecule has 5 rings (SSSR count). The van der Waals surface area contributed by atoms with E-state index in [1.54, 1.807) is 36.8 Å². The maximum Gasteiger partial charge on any atom is 0.323 e. The van der Waals surface area contributed by atoms with Crippen LogP contribution in [0.15, 0.2) is 73.2 Å². The van der Waals surface area contributed by atoms with Crippen molar-refractivity contribution in [2.24, 2.45) is 0 Å². The average molecular weight is 473 g/mol. The molecule has 8 nitrogen and oxygen atoms in total. The lowest BCUT2D eigenvalue weighted by Gasteiger charge is -2.29. The molecule has 0 unspecified atom stereocenters. The van der Waals surface area contributed by atoms with E-state index in [1.165, 1.54) is 31.4 Å². The third kappa shape index (κ3) is 5.57. The first-order chi connectivity index (χ1) is 17.1. The van der Waals surface area contributed by atoms with E-state index in [-0.39, 0.29) is 5.69 Å². The van der Waals surface area contributed by atoms with Crippen molar-refractivity contribution in [3.8, 4) is 22.8 Å². The number of rotatable bonds is 6. The van der Waals surface area contributed by atoms with Crippen molar-refractivity contribution in [3.05, 3.63) is 79.0 Å². The second-order valence-electron chi connectivity index (χ2n) is 8.28. The summed E-state index contributed by atoms with van der Waals surface area (Å²) in [7, 11) is 0. The number of H-pyrrole nitrogens is 1. The number of amides is 2. The maximum atomic E-state index is 14.7. The van der Waals surface area contributed by atoms with Crippen molar-refractivity contribution in [2.45, 2.75) is 19.3 Å². The molecule has 0 bridgehead atoms. The van der Waals surface area contributed by atoms with Crippen molar-refractivity contribution >= 4 is 23.1 Å². The Morgan fingerprint density at radius 2 is 1.86 bits per heavy atom. The van der Waals surface area contributed by atoms with E-state index in [0.717, 1.165) is 24.3 Å². The standard InChI is InChI=1S/C26H25FN6O2/c27-23-14-21(35-22-9-10-28-25(15-22)18-16-29-30-17-18)7-8-24(23)32-26(34)31-19-5-4-6-20(13-19)33-11-2-1-3-12-33/h4-10,13-17H,1-3,11-12H2,(H,29,30)(H2,31,32,34). The topological polar surface area (TPSA) is 95.2 Å². The van der Waals surface area contributed by atoms with Gasteiger partial charge in [0.05, 0.1) is 17.6 Å². The summed E-state index contributed by atoms with van der Waals surface area (Å²) in [6, 6.07) is 14.9. The van der Waals surface area contributed by atoms with Crippen LogP contribution in [0.5, 0.6) is 11.5 Å². The molecule has 2 aromatic carbocycles. The zero-order chi connectivity index (χ0) is 24.0. The molecular formula is C26H25FN6O2. The molecule has 1 aliphatic heterocycles. The molecular weight excluding hydrogens is 447 g/mol. The fourth-order valence-corrected chi connectivity index (χ4v) is 4.04. The molecule has 0 radical (unpaired) electrons. The minimum atomic E-state index is -0.608. The number of carbonyl (C=O) groups excluding carboxylic acids is 1.